The van der Waals surface area contributed by atoms with E-state index in [2.05, 4.69) is 9.97 Å². The van der Waals surface area contributed by atoms with Crippen LogP contribution in [-0.4, -0.2) is 50.4 Å². The van der Waals surface area contributed by atoms with E-state index in [4.69, 9.17) is 0 Å². The predicted molar refractivity (Wildman–Crippen MR) is 138 cm³/mol. The molecule has 7 heteroatoms. The molecule has 4 aromatic rings. The Morgan fingerprint density at radius 3 is 2.71 bits per heavy atom. The highest BCUT2D eigenvalue weighted by molar-refractivity contribution is 7.14. The topological polar surface area (TPSA) is 83.4 Å². The number of ketones is 1. The number of carbonyl (C=O) groups excluding carboxylic acids is 2. The van der Waals surface area contributed by atoms with Gasteiger partial charge in [0.25, 0.3) is 5.91 Å². The van der Waals surface area contributed by atoms with Crippen LogP contribution in [0.3, 0.4) is 0 Å². The van der Waals surface area contributed by atoms with Crippen LogP contribution in [0.2, 0.25) is 0 Å². The molecule has 1 N–H and O–H groups in total. The largest absolute Gasteiger partial charge is 0.393 e. The molecule has 1 fully saturated rings. The number of aromatic nitrogens is 2. The quantitative estimate of drug-likeness (QED) is 0.375. The van der Waals surface area contributed by atoms with Gasteiger partial charge in [0.05, 0.1) is 22.3 Å². The van der Waals surface area contributed by atoms with Crippen LogP contribution in [0.25, 0.3) is 22.2 Å². The van der Waals surface area contributed by atoms with Crippen LogP contribution < -0.4 is 0 Å². The van der Waals surface area contributed by atoms with Gasteiger partial charge in [-0.05, 0) is 38.3 Å². The molecular weight excluding hydrogens is 458 g/mol. The Balaban J connectivity index is 1.37. The van der Waals surface area contributed by atoms with Gasteiger partial charge in [-0.15, -0.1) is 11.3 Å². The van der Waals surface area contributed by atoms with Crippen LogP contribution in [0, 0.1) is 6.92 Å². The number of hydrogen-bond acceptors (Lipinski definition) is 6. The van der Waals surface area contributed by atoms with Gasteiger partial charge in [0.1, 0.15) is 4.88 Å². The SMILES string of the molecule is Cc1nc(-c2ccccc2)c(C(=O)N2CC[C@@H](O)CC2CCC(=O)c2cccc3cccnc23)s1. The average molecular weight is 486 g/mol. The third-order valence-electron chi connectivity index (χ3n) is 6.56. The summed E-state index contributed by atoms with van der Waals surface area (Å²) in [5.41, 5.74) is 2.90. The summed E-state index contributed by atoms with van der Waals surface area (Å²) in [6, 6.07) is 18.9. The van der Waals surface area contributed by atoms with Gasteiger partial charge in [-0.1, -0.05) is 48.5 Å². The van der Waals surface area contributed by atoms with Crippen LogP contribution in [0.1, 0.15) is 50.7 Å². The highest BCUT2D eigenvalue weighted by atomic mass is 32.1. The number of rotatable bonds is 6. The van der Waals surface area contributed by atoms with Crippen molar-refractivity contribution < 1.29 is 14.7 Å². The molecule has 0 aliphatic carbocycles. The van der Waals surface area contributed by atoms with Crippen LogP contribution in [0.5, 0.6) is 0 Å². The number of carbonyl (C=O) groups is 2. The van der Waals surface area contributed by atoms with Crippen molar-refractivity contribution in [1.82, 2.24) is 14.9 Å². The first-order valence-corrected chi connectivity index (χ1v) is 12.7. The lowest BCUT2D eigenvalue weighted by Gasteiger charge is -2.38. The second-order valence-electron chi connectivity index (χ2n) is 8.95. The Hall–Kier alpha value is -3.42. The molecule has 2 aromatic heterocycles. The maximum Gasteiger partial charge on any atom is 0.266 e. The fourth-order valence-corrected chi connectivity index (χ4v) is 5.72. The highest BCUT2D eigenvalue weighted by Gasteiger charge is 2.34. The minimum Gasteiger partial charge on any atom is -0.393 e. The zero-order valence-electron chi connectivity index (χ0n) is 19.6. The number of para-hydroxylation sites is 1. The normalized spacial score (nSPS) is 18.1. The summed E-state index contributed by atoms with van der Waals surface area (Å²) < 4.78 is 0. The first kappa shape index (κ1) is 23.3. The van der Waals surface area contributed by atoms with E-state index in [1.54, 1.807) is 6.20 Å². The minimum atomic E-state index is -0.477. The maximum atomic E-state index is 13.7. The van der Waals surface area contributed by atoms with Crippen molar-refractivity contribution in [2.45, 2.75) is 44.8 Å². The maximum absolute atomic E-state index is 13.7. The Bertz CT molecular complexity index is 1360. The predicted octanol–water partition coefficient (Wildman–Crippen LogP) is 5.30. The van der Waals surface area contributed by atoms with Gasteiger partial charge < -0.3 is 10.0 Å². The molecule has 2 atom stereocenters. The molecule has 1 aliphatic rings. The average Bonchev–Trinajstić information content (AvgIpc) is 3.28. The first-order valence-electron chi connectivity index (χ1n) is 11.9. The number of pyridine rings is 1. The summed E-state index contributed by atoms with van der Waals surface area (Å²) in [6.45, 7) is 2.36. The second-order valence-corrected chi connectivity index (χ2v) is 10.2. The van der Waals surface area contributed by atoms with Gasteiger partial charge in [-0.3, -0.25) is 14.6 Å². The number of fused-ring (bicyclic) bond motifs is 1. The van der Waals surface area contributed by atoms with Crippen molar-refractivity contribution in [3.8, 4) is 11.3 Å². The molecule has 1 aliphatic heterocycles. The van der Waals surface area contributed by atoms with E-state index in [9.17, 15) is 14.7 Å². The summed E-state index contributed by atoms with van der Waals surface area (Å²) in [4.78, 5) is 38.4. The molecule has 0 saturated carbocycles. The molecule has 178 valence electrons. The van der Waals surface area contributed by atoms with E-state index >= 15 is 0 Å². The molecule has 2 aromatic carbocycles. The number of benzene rings is 2. The van der Waals surface area contributed by atoms with Crippen molar-refractivity contribution in [3.63, 3.8) is 0 Å². The summed E-state index contributed by atoms with van der Waals surface area (Å²) >= 11 is 1.40. The highest BCUT2D eigenvalue weighted by Crippen LogP contribution is 2.32. The molecule has 0 bridgehead atoms. The number of amides is 1. The van der Waals surface area contributed by atoms with Crippen LogP contribution >= 0.6 is 11.3 Å². The third kappa shape index (κ3) is 4.88. The lowest BCUT2D eigenvalue weighted by atomic mass is 9.93. The Kier molecular flexibility index (Phi) is 6.70. The smallest absolute Gasteiger partial charge is 0.266 e. The minimum absolute atomic E-state index is 0.000344. The van der Waals surface area contributed by atoms with Crippen molar-refractivity contribution in [1.29, 1.82) is 0 Å². The summed E-state index contributed by atoms with van der Waals surface area (Å²) in [7, 11) is 0. The van der Waals surface area contributed by atoms with Gasteiger partial charge in [0, 0.05) is 41.7 Å². The third-order valence-corrected chi connectivity index (χ3v) is 7.52. The van der Waals surface area contributed by atoms with E-state index in [1.807, 2.05) is 72.5 Å². The number of aryl methyl sites for hydroxylation is 1. The van der Waals surface area contributed by atoms with E-state index < -0.39 is 6.10 Å². The van der Waals surface area contributed by atoms with E-state index in [0.29, 0.717) is 47.5 Å². The fourth-order valence-electron chi connectivity index (χ4n) is 4.83. The monoisotopic (exact) mass is 485 g/mol. The zero-order chi connectivity index (χ0) is 24.4. The molecule has 35 heavy (non-hydrogen) atoms. The lowest BCUT2D eigenvalue weighted by Crippen LogP contribution is -2.47. The summed E-state index contributed by atoms with van der Waals surface area (Å²) in [5.74, 6) is -0.0778. The number of aliphatic hydroxyl groups excluding tert-OH is 1. The number of likely N-dealkylation sites (tertiary alicyclic amines) is 1. The Morgan fingerprint density at radius 1 is 1.09 bits per heavy atom. The standard InChI is InChI=1S/C28H27N3O3S/c1-18-30-26(20-7-3-2-4-8-20)27(35-18)28(34)31-16-14-22(32)17-21(31)12-13-24(33)23-11-5-9-19-10-6-15-29-25(19)23/h2-11,15,21-22,32H,12-14,16-17H2,1H3/t21?,22-/m1/s1. The van der Waals surface area contributed by atoms with Crippen molar-refractivity contribution in [2.75, 3.05) is 6.54 Å². The van der Waals surface area contributed by atoms with Crippen molar-refractivity contribution in [3.05, 3.63) is 82.3 Å². The van der Waals surface area contributed by atoms with Crippen LogP contribution in [0.15, 0.2) is 66.9 Å². The van der Waals surface area contributed by atoms with E-state index in [0.717, 1.165) is 16.0 Å². The van der Waals surface area contributed by atoms with Crippen LogP contribution in [0.4, 0.5) is 0 Å². The molecule has 5 rings (SSSR count). The number of aliphatic hydroxyl groups is 1. The van der Waals surface area contributed by atoms with Gasteiger partial charge in [-0.25, -0.2) is 4.98 Å². The number of Topliss-reactive ketones (excluding diaryl/α,β-unsaturated/α-hetero) is 1. The van der Waals surface area contributed by atoms with Gasteiger partial charge >= 0.3 is 0 Å². The molecule has 1 saturated heterocycles. The Morgan fingerprint density at radius 2 is 1.89 bits per heavy atom. The molecule has 0 radical (unpaired) electrons. The summed E-state index contributed by atoms with van der Waals surface area (Å²) in [6.07, 6.45) is 2.98. The van der Waals surface area contributed by atoms with Crippen molar-refractivity contribution >= 4 is 33.9 Å². The fraction of sp³-hybridized carbons (Fsp3) is 0.286. The molecule has 1 amide bonds. The molecular formula is C28H27N3O3S. The zero-order valence-corrected chi connectivity index (χ0v) is 20.4. The molecule has 1 unspecified atom stereocenters. The van der Waals surface area contributed by atoms with Crippen molar-refractivity contribution in [2.24, 2.45) is 0 Å². The van der Waals surface area contributed by atoms with E-state index in [-0.39, 0.29) is 24.2 Å². The van der Waals surface area contributed by atoms with Gasteiger partial charge in [-0.2, -0.15) is 0 Å². The number of nitrogens with zero attached hydrogens (tertiary/aromatic N) is 3. The Labute approximate surface area is 208 Å². The van der Waals surface area contributed by atoms with Crippen LogP contribution in [-0.2, 0) is 0 Å². The molecule has 6 nitrogen and oxygen atoms in total. The first-order chi connectivity index (χ1) is 17.0. The summed E-state index contributed by atoms with van der Waals surface area (Å²) in [5, 5.41) is 12.1. The lowest BCUT2D eigenvalue weighted by molar-refractivity contribution is 0.0300. The number of thiazole rings is 1. The number of hydrogen-bond donors (Lipinski definition) is 1. The molecule has 0 spiro atoms. The van der Waals surface area contributed by atoms with Gasteiger partial charge in [0.15, 0.2) is 5.78 Å². The van der Waals surface area contributed by atoms with Gasteiger partial charge in [0.2, 0.25) is 0 Å². The van der Waals surface area contributed by atoms with E-state index in [1.165, 1.54) is 11.3 Å². The number of piperidine rings is 1. The second kappa shape index (κ2) is 10.1. The molecule has 3 heterocycles.